The SMILES string of the molecule is CC=CCc1cc(Cl)cc(Cl)c1O. The second kappa shape index (κ2) is 4.54. The van der Waals surface area contributed by atoms with Gasteiger partial charge in [-0.15, -0.1) is 0 Å². The Morgan fingerprint density at radius 2 is 2.08 bits per heavy atom. The van der Waals surface area contributed by atoms with E-state index in [0.29, 0.717) is 16.5 Å². The van der Waals surface area contributed by atoms with E-state index >= 15 is 0 Å². The van der Waals surface area contributed by atoms with Crippen LogP contribution in [-0.2, 0) is 6.42 Å². The number of hydrogen-bond acceptors (Lipinski definition) is 1. The largest absolute Gasteiger partial charge is 0.506 e. The van der Waals surface area contributed by atoms with Crippen LogP contribution in [-0.4, -0.2) is 5.11 Å². The van der Waals surface area contributed by atoms with Gasteiger partial charge < -0.3 is 5.11 Å². The van der Waals surface area contributed by atoms with Crippen molar-refractivity contribution in [1.82, 2.24) is 0 Å². The maximum Gasteiger partial charge on any atom is 0.137 e. The van der Waals surface area contributed by atoms with Gasteiger partial charge in [-0.05, 0) is 25.5 Å². The summed E-state index contributed by atoms with van der Waals surface area (Å²) in [4.78, 5) is 0. The lowest BCUT2D eigenvalue weighted by molar-refractivity contribution is 0.470. The van der Waals surface area contributed by atoms with Gasteiger partial charge in [0.15, 0.2) is 0 Å². The fourth-order valence-corrected chi connectivity index (χ4v) is 1.56. The van der Waals surface area contributed by atoms with E-state index in [2.05, 4.69) is 0 Å². The number of aromatic hydroxyl groups is 1. The molecule has 0 bridgehead atoms. The number of phenols is 1. The Hall–Kier alpha value is -0.660. The summed E-state index contributed by atoms with van der Waals surface area (Å²) in [6.45, 7) is 1.92. The van der Waals surface area contributed by atoms with Crippen LogP contribution in [0.3, 0.4) is 0 Å². The summed E-state index contributed by atoms with van der Waals surface area (Å²) >= 11 is 11.5. The highest BCUT2D eigenvalue weighted by molar-refractivity contribution is 6.35. The molecule has 0 heterocycles. The molecule has 0 saturated carbocycles. The highest BCUT2D eigenvalue weighted by atomic mass is 35.5. The molecule has 1 aromatic carbocycles. The summed E-state index contributed by atoms with van der Waals surface area (Å²) in [5.74, 6) is 0.115. The molecule has 1 aromatic rings. The molecular formula is C10H10Cl2O. The monoisotopic (exact) mass is 216 g/mol. The molecule has 1 nitrogen and oxygen atoms in total. The van der Waals surface area contributed by atoms with E-state index in [4.69, 9.17) is 23.2 Å². The van der Waals surface area contributed by atoms with Gasteiger partial charge >= 0.3 is 0 Å². The van der Waals surface area contributed by atoms with Crippen molar-refractivity contribution in [2.24, 2.45) is 0 Å². The Morgan fingerprint density at radius 3 is 2.69 bits per heavy atom. The minimum Gasteiger partial charge on any atom is -0.506 e. The van der Waals surface area contributed by atoms with Crippen molar-refractivity contribution in [3.05, 3.63) is 39.9 Å². The van der Waals surface area contributed by atoms with Crippen LogP contribution >= 0.6 is 23.2 Å². The molecule has 0 aromatic heterocycles. The van der Waals surface area contributed by atoms with E-state index in [-0.39, 0.29) is 5.75 Å². The van der Waals surface area contributed by atoms with E-state index in [1.165, 1.54) is 6.07 Å². The third-order valence-corrected chi connectivity index (χ3v) is 2.19. The molecule has 0 saturated heterocycles. The molecule has 1 rings (SSSR count). The van der Waals surface area contributed by atoms with Gasteiger partial charge in [0.2, 0.25) is 0 Å². The summed E-state index contributed by atoms with van der Waals surface area (Å²) in [6.07, 6.45) is 4.48. The fraction of sp³-hybridized carbons (Fsp3) is 0.200. The summed E-state index contributed by atoms with van der Waals surface area (Å²) in [5, 5.41) is 10.4. The zero-order chi connectivity index (χ0) is 9.84. The van der Waals surface area contributed by atoms with Gasteiger partial charge in [-0.3, -0.25) is 0 Å². The van der Waals surface area contributed by atoms with Gasteiger partial charge in [0.05, 0.1) is 5.02 Å². The van der Waals surface area contributed by atoms with E-state index in [1.807, 2.05) is 19.1 Å². The molecule has 13 heavy (non-hydrogen) atoms. The maximum absolute atomic E-state index is 9.52. The fourth-order valence-electron chi connectivity index (χ4n) is 1.02. The molecule has 0 unspecified atom stereocenters. The van der Waals surface area contributed by atoms with Crippen molar-refractivity contribution in [1.29, 1.82) is 0 Å². The van der Waals surface area contributed by atoms with Crippen LogP contribution < -0.4 is 0 Å². The predicted molar refractivity (Wildman–Crippen MR) is 56.6 cm³/mol. The first-order valence-electron chi connectivity index (χ1n) is 3.93. The zero-order valence-electron chi connectivity index (χ0n) is 7.22. The lowest BCUT2D eigenvalue weighted by Crippen LogP contribution is -1.83. The lowest BCUT2D eigenvalue weighted by Gasteiger charge is -2.04. The Bertz CT molecular complexity index is 332. The lowest BCUT2D eigenvalue weighted by atomic mass is 10.1. The first kappa shape index (κ1) is 10.4. The highest BCUT2D eigenvalue weighted by Gasteiger charge is 2.05. The van der Waals surface area contributed by atoms with Crippen LogP contribution in [0.2, 0.25) is 10.0 Å². The first-order chi connectivity index (χ1) is 6.15. The molecule has 0 radical (unpaired) electrons. The number of benzene rings is 1. The minimum absolute atomic E-state index is 0.115. The average Bonchev–Trinajstić information content (AvgIpc) is 2.09. The standard InChI is InChI=1S/C10H10Cl2O/c1-2-3-4-7-5-8(11)6-9(12)10(7)13/h2-3,5-6,13H,4H2,1H3. The van der Waals surface area contributed by atoms with Crippen LogP contribution in [0.4, 0.5) is 0 Å². The number of allylic oxidation sites excluding steroid dienone is 2. The molecular weight excluding hydrogens is 207 g/mol. The molecule has 1 N–H and O–H groups in total. The van der Waals surface area contributed by atoms with Gasteiger partial charge in [0.1, 0.15) is 5.75 Å². The summed E-state index contributed by atoms with van der Waals surface area (Å²) < 4.78 is 0. The highest BCUT2D eigenvalue weighted by Crippen LogP contribution is 2.31. The predicted octanol–water partition coefficient (Wildman–Crippen LogP) is 3.82. The second-order valence-corrected chi connectivity index (χ2v) is 3.51. The van der Waals surface area contributed by atoms with Gasteiger partial charge in [-0.2, -0.15) is 0 Å². The Kier molecular flexibility index (Phi) is 3.64. The normalized spacial score (nSPS) is 11.0. The number of halogens is 2. The Labute approximate surface area is 87.6 Å². The van der Waals surface area contributed by atoms with E-state index < -0.39 is 0 Å². The molecule has 0 aliphatic rings. The van der Waals surface area contributed by atoms with Crippen LogP contribution in [0, 0.1) is 0 Å². The molecule has 0 atom stereocenters. The van der Waals surface area contributed by atoms with Crippen LogP contribution in [0.25, 0.3) is 0 Å². The van der Waals surface area contributed by atoms with Crippen LogP contribution in [0.5, 0.6) is 5.75 Å². The van der Waals surface area contributed by atoms with Crippen molar-refractivity contribution in [2.75, 3.05) is 0 Å². The van der Waals surface area contributed by atoms with E-state index in [0.717, 1.165) is 5.56 Å². The first-order valence-corrected chi connectivity index (χ1v) is 4.68. The number of phenolic OH excluding ortho intramolecular Hbond substituents is 1. The van der Waals surface area contributed by atoms with E-state index in [9.17, 15) is 5.11 Å². The summed E-state index contributed by atoms with van der Waals surface area (Å²) in [5.41, 5.74) is 0.746. The van der Waals surface area contributed by atoms with Crippen LogP contribution in [0.1, 0.15) is 12.5 Å². The topological polar surface area (TPSA) is 20.2 Å². The summed E-state index contributed by atoms with van der Waals surface area (Å²) in [7, 11) is 0. The van der Waals surface area contributed by atoms with Gasteiger partial charge in [-0.25, -0.2) is 0 Å². The summed E-state index contributed by atoms with van der Waals surface area (Å²) in [6, 6.07) is 3.24. The van der Waals surface area contributed by atoms with Gasteiger partial charge in [0.25, 0.3) is 0 Å². The van der Waals surface area contributed by atoms with Crippen molar-refractivity contribution < 1.29 is 5.11 Å². The third-order valence-electron chi connectivity index (χ3n) is 1.68. The van der Waals surface area contributed by atoms with E-state index in [1.54, 1.807) is 6.07 Å². The maximum atomic E-state index is 9.52. The molecule has 70 valence electrons. The van der Waals surface area contributed by atoms with Gasteiger partial charge in [0, 0.05) is 10.6 Å². The smallest absolute Gasteiger partial charge is 0.137 e. The third kappa shape index (κ3) is 2.64. The Morgan fingerprint density at radius 1 is 1.38 bits per heavy atom. The quantitative estimate of drug-likeness (QED) is 0.746. The van der Waals surface area contributed by atoms with Crippen molar-refractivity contribution in [2.45, 2.75) is 13.3 Å². The van der Waals surface area contributed by atoms with Gasteiger partial charge in [-0.1, -0.05) is 35.4 Å². The Balaban J connectivity index is 3.05. The van der Waals surface area contributed by atoms with Crippen molar-refractivity contribution >= 4 is 23.2 Å². The average molecular weight is 217 g/mol. The molecule has 3 heteroatoms. The van der Waals surface area contributed by atoms with Crippen LogP contribution in [0.15, 0.2) is 24.3 Å². The molecule has 0 amide bonds. The molecule has 0 aliphatic carbocycles. The molecule has 0 spiro atoms. The number of hydrogen-bond donors (Lipinski definition) is 1. The minimum atomic E-state index is 0.115. The van der Waals surface area contributed by atoms with Crippen molar-refractivity contribution in [3.8, 4) is 5.75 Å². The molecule has 0 aliphatic heterocycles. The molecule has 0 fully saturated rings. The number of rotatable bonds is 2. The zero-order valence-corrected chi connectivity index (χ0v) is 8.73. The second-order valence-electron chi connectivity index (χ2n) is 2.67. The van der Waals surface area contributed by atoms with Crippen molar-refractivity contribution in [3.63, 3.8) is 0 Å².